The molecule has 2 heterocycles. The summed E-state index contributed by atoms with van der Waals surface area (Å²) in [5, 5.41) is 0.483. The van der Waals surface area contributed by atoms with Gasteiger partial charge in [0.1, 0.15) is 5.82 Å². The molecule has 8 heteroatoms. The number of likely N-dealkylation sites (N-methyl/N-ethyl adjacent to an activating group) is 1. The van der Waals surface area contributed by atoms with E-state index in [9.17, 15) is 19.2 Å². The highest BCUT2D eigenvalue weighted by Gasteiger charge is 2.25. The Morgan fingerprint density at radius 1 is 1.17 bits per heavy atom. The lowest BCUT2D eigenvalue weighted by molar-refractivity contribution is -0.142. The number of para-hydroxylation sites is 1. The highest BCUT2D eigenvalue weighted by molar-refractivity contribution is 6.03. The maximum atomic E-state index is 12.3. The van der Waals surface area contributed by atoms with Crippen molar-refractivity contribution in [3.8, 4) is 0 Å². The maximum Gasteiger partial charge on any atom is 0.306 e. The number of nitrogens with one attached hydrogen (secondary N) is 1. The zero-order valence-electron chi connectivity index (χ0n) is 16.3. The van der Waals surface area contributed by atoms with Crippen molar-refractivity contribution in [1.29, 1.82) is 0 Å². The summed E-state index contributed by atoms with van der Waals surface area (Å²) in [6.07, 6.45) is 0.433. The number of hydrogen-bond donors (Lipinski definition) is 1. The number of carbonyl (C=O) groups excluding carboxylic acids is 3. The first-order valence-electron chi connectivity index (χ1n) is 9.48. The van der Waals surface area contributed by atoms with Gasteiger partial charge in [-0.1, -0.05) is 12.1 Å². The first-order valence-corrected chi connectivity index (χ1v) is 9.48. The molecule has 0 spiro atoms. The molecule has 152 valence electrons. The van der Waals surface area contributed by atoms with Gasteiger partial charge in [0.15, 0.2) is 12.4 Å². The van der Waals surface area contributed by atoms with Gasteiger partial charge in [0, 0.05) is 24.7 Å². The lowest BCUT2D eigenvalue weighted by atomic mass is 10.1. The summed E-state index contributed by atoms with van der Waals surface area (Å²) < 4.78 is 5.07. The number of ketones is 1. The molecule has 0 radical (unpaired) electrons. The minimum Gasteiger partial charge on any atom is -0.457 e. The summed E-state index contributed by atoms with van der Waals surface area (Å²) >= 11 is 0. The molecule has 4 rings (SSSR count). The van der Waals surface area contributed by atoms with Crippen LogP contribution in [0.2, 0.25) is 0 Å². The lowest BCUT2D eigenvalue weighted by Crippen LogP contribution is -2.20. The van der Waals surface area contributed by atoms with Crippen molar-refractivity contribution in [3.05, 3.63) is 69.8 Å². The molecule has 0 bridgehead atoms. The number of Topliss-reactive ketones (excluding diaryl/α,β-unsaturated/α-hetero) is 1. The standard InChI is InChI=1S/C22H19N3O5/c1-25-17-7-6-13(10-14(17)11-20(25)27)18(26)12-30-21(28)9-8-19-23-16-5-3-2-4-15(16)22(29)24-19/h2-7,10H,8-9,11-12H2,1H3,(H,23,24,29). The van der Waals surface area contributed by atoms with Crippen LogP contribution < -0.4 is 10.5 Å². The second-order valence-corrected chi connectivity index (χ2v) is 7.09. The van der Waals surface area contributed by atoms with Gasteiger partial charge in [-0.25, -0.2) is 4.98 Å². The third-order valence-electron chi connectivity index (χ3n) is 5.07. The average molecular weight is 405 g/mol. The molecule has 1 aromatic heterocycles. The number of hydrogen-bond acceptors (Lipinski definition) is 6. The summed E-state index contributed by atoms with van der Waals surface area (Å²) in [7, 11) is 1.69. The van der Waals surface area contributed by atoms with Crippen molar-refractivity contribution in [2.45, 2.75) is 19.3 Å². The lowest BCUT2D eigenvalue weighted by Gasteiger charge is -2.10. The number of nitrogens with zero attached hydrogens (tertiary/aromatic N) is 2. The number of aromatic amines is 1. The predicted octanol–water partition coefficient (Wildman–Crippen LogP) is 1.80. The number of anilines is 1. The van der Waals surface area contributed by atoms with Crippen molar-refractivity contribution < 1.29 is 19.1 Å². The zero-order chi connectivity index (χ0) is 21.3. The number of aryl methyl sites for hydroxylation is 1. The number of H-pyrrole nitrogens is 1. The molecule has 0 aliphatic carbocycles. The monoisotopic (exact) mass is 405 g/mol. The minimum atomic E-state index is -0.560. The van der Waals surface area contributed by atoms with Gasteiger partial charge in [0.2, 0.25) is 5.91 Å². The van der Waals surface area contributed by atoms with Gasteiger partial charge in [-0.2, -0.15) is 0 Å². The van der Waals surface area contributed by atoms with E-state index in [4.69, 9.17) is 4.74 Å². The van der Waals surface area contributed by atoms with Gasteiger partial charge < -0.3 is 14.6 Å². The fraction of sp³-hybridized carbons (Fsp3) is 0.227. The van der Waals surface area contributed by atoms with Crippen molar-refractivity contribution in [1.82, 2.24) is 9.97 Å². The summed E-state index contributed by atoms with van der Waals surface area (Å²) in [4.78, 5) is 56.7. The second-order valence-electron chi connectivity index (χ2n) is 7.09. The molecule has 0 saturated carbocycles. The first kappa shape index (κ1) is 19.5. The Morgan fingerprint density at radius 3 is 2.80 bits per heavy atom. The number of rotatable bonds is 6. The molecule has 8 nitrogen and oxygen atoms in total. The van der Waals surface area contributed by atoms with E-state index in [1.165, 1.54) is 0 Å². The van der Waals surface area contributed by atoms with E-state index in [1.807, 2.05) is 0 Å². The number of benzene rings is 2. The number of amides is 1. The van der Waals surface area contributed by atoms with E-state index < -0.39 is 5.97 Å². The highest BCUT2D eigenvalue weighted by atomic mass is 16.5. The van der Waals surface area contributed by atoms with Crippen LogP contribution in [0, 0.1) is 0 Å². The second kappa shape index (κ2) is 7.90. The van der Waals surface area contributed by atoms with Gasteiger partial charge >= 0.3 is 5.97 Å². The van der Waals surface area contributed by atoms with Crippen LogP contribution in [0.4, 0.5) is 5.69 Å². The highest BCUT2D eigenvalue weighted by Crippen LogP contribution is 2.28. The minimum absolute atomic E-state index is 0.0158. The Morgan fingerprint density at radius 2 is 1.97 bits per heavy atom. The molecule has 1 N–H and O–H groups in total. The Balaban J connectivity index is 1.33. The molecule has 1 amide bonds. The first-order chi connectivity index (χ1) is 14.4. The molecule has 0 fully saturated rings. The average Bonchev–Trinajstić information content (AvgIpc) is 3.03. The number of esters is 1. The maximum absolute atomic E-state index is 12.3. The Hall–Kier alpha value is -3.81. The Kier molecular flexibility index (Phi) is 5.14. The SMILES string of the molecule is CN1C(=O)Cc2cc(C(=O)COC(=O)CCc3nc4ccccc4c(=O)[nH]3)ccc21. The van der Waals surface area contributed by atoms with Crippen LogP contribution in [0.15, 0.2) is 47.3 Å². The van der Waals surface area contributed by atoms with Crippen molar-refractivity contribution in [2.75, 3.05) is 18.6 Å². The van der Waals surface area contributed by atoms with Crippen LogP contribution in [-0.4, -0.2) is 41.3 Å². The van der Waals surface area contributed by atoms with Crippen LogP contribution in [0.1, 0.15) is 28.2 Å². The van der Waals surface area contributed by atoms with E-state index in [0.717, 1.165) is 11.3 Å². The molecule has 0 atom stereocenters. The van der Waals surface area contributed by atoms with Gasteiger partial charge in [0.05, 0.1) is 23.7 Å². The van der Waals surface area contributed by atoms with E-state index >= 15 is 0 Å². The normalized spacial score (nSPS) is 12.8. The fourth-order valence-electron chi connectivity index (χ4n) is 3.42. The van der Waals surface area contributed by atoms with Crippen LogP contribution in [0.3, 0.4) is 0 Å². The third kappa shape index (κ3) is 3.84. The molecule has 2 aromatic carbocycles. The molecule has 1 aliphatic heterocycles. The Bertz CT molecular complexity index is 1230. The summed E-state index contributed by atoms with van der Waals surface area (Å²) in [6, 6.07) is 11.9. The molecular weight excluding hydrogens is 386 g/mol. The van der Waals surface area contributed by atoms with E-state index in [0.29, 0.717) is 22.3 Å². The molecule has 3 aromatic rings. The Labute approximate surface area is 171 Å². The molecule has 1 aliphatic rings. The summed E-state index contributed by atoms with van der Waals surface area (Å²) in [6.45, 7) is -0.386. The molecule has 30 heavy (non-hydrogen) atoms. The largest absolute Gasteiger partial charge is 0.457 e. The van der Waals surface area contributed by atoms with Crippen molar-refractivity contribution in [3.63, 3.8) is 0 Å². The van der Waals surface area contributed by atoms with Gasteiger partial charge in [-0.3, -0.25) is 19.2 Å². The topological polar surface area (TPSA) is 109 Å². The smallest absolute Gasteiger partial charge is 0.306 e. The molecule has 0 saturated heterocycles. The number of aromatic nitrogens is 2. The van der Waals surface area contributed by atoms with E-state index in [2.05, 4.69) is 9.97 Å². The van der Waals surface area contributed by atoms with E-state index in [-0.39, 0.29) is 43.1 Å². The fourth-order valence-corrected chi connectivity index (χ4v) is 3.42. The third-order valence-corrected chi connectivity index (χ3v) is 5.07. The van der Waals surface area contributed by atoms with Crippen LogP contribution in [0.25, 0.3) is 10.9 Å². The quantitative estimate of drug-likeness (QED) is 0.495. The van der Waals surface area contributed by atoms with Crippen LogP contribution in [0.5, 0.6) is 0 Å². The number of fused-ring (bicyclic) bond motifs is 2. The van der Waals surface area contributed by atoms with Gasteiger partial charge in [-0.15, -0.1) is 0 Å². The zero-order valence-corrected chi connectivity index (χ0v) is 16.3. The van der Waals surface area contributed by atoms with Gasteiger partial charge in [0.25, 0.3) is 5.56 Å². The number of carbonyl (C=O) groups is 3. The summed E-state index contributed by atoms with van der Waals surface area (Å²) in [5.74, 6) is -0.545. The van der Waals surface area contributed by atoms with Crippen molar-refractivity contribution in [2.24, 2.45) is 0 Å². The number of ether oxygens (including phenoxy) is 1. The van der Waals surface area contributed by atoms with Crippen LogP contribution >= 0.6 is 0 Å². The van der Waals surface area contributed by atoms with Crippen molar-refractivity contribution >= 4 is 34.3 Å². The van der Waals surface area contributed by atoms with E-state index in [1.54, 1.807) is 54.4 Å². The van der Waals surface area contributed by atoms with Gasteiger partial charge in [-0.05, 0) is 35.9 Å². The summed E-state index contributed by atoms with van der Waals surface area (Å²) in [5.41, 5.74) is 2.25. The predicted molar refractivity (Wildman–Crippen MR) is 110 cm³/mol. The molecule has 0 unspecified atom stereocenters. The van der Waals surface area contributed by atoms with Crippen LogP contribution in [-0.2, 0) is 27.2 Å². The molecular formula is C22H19N3O5.